The lowest BCUT2D eigenvalue weighted by atomic mass is 10.1. The molecule has 2 heterocycles. The molecule has 6 heteroatoms. The molecule has 2 aromatic heterocycles. The number of nitrogens with one attached hydrogen (secondary N) is 1. The van der Waals surface area contributed by atoms with Crippen LogP contribution in [-0.2, 0) is 10.0 Å². The van der Waals surface area contributed by atoms with Gasteiger partial charge in [0, 0.05) is 16.6 Å². The number of sulfonamides is 1. The predicted octanol–water partition coefficient (Wildman–Crippen LogP) is 3.92. The third kappa shape index (κ3) is 3.18. The molecule has 3 aromatic rings. The van der Waals surface area contributed by atoms with Crippen molar-refractivity contribution in [3.05, 3.63) is 65.7 Å². The van der Waals surface area contributed by atoms with E-state index in [1.807, 2.05) is 43.3 Å². The third-order valence-electron chi connectivity index (χ3n) is 3.09. The second kappa shape index (κ2) is 5.90. The fourth-order valence-electron chi connectivity index (χ4n) is 2.00. The fourth-order valence-corrected chi connectivity index (χ4v) is 4.29. The maximum atomic E-state index is 12.2. The predicted molar refractivity (Wildman–Crippen MR) is 89.5 cm³/mol. The highest BCUT2D eigenvalue weighted by Gasteiger charge is 2.16. The number of rotatable bonds is 4. The van der Waals surface area contributed by atoms with Crippen molar-refractivity contribution in [1.29, 1.82) is 0 Å². The van der Waals surface area contributed by atoms with Crippen molar-refractivity contribution in [3.63, 3.8) is 0 Å². The zero-order valence-electron chi connectivity index (χ0n) is 11.9. The zero-order valence-corrected chi connectivity index (χ0v) is 13.5. The molecule has 22 heavy (non-hydrogen) atoms. The molecule has 0 aliphatic heterocycles. The molecule has 0 atom stereocenters. The smallest absolute Gasteiger partial charge is 0.263 e. The van der Waals surface area contributed by atoms with Gasteiger partial charge in [-0.25, -0.2) is 13.4 Å². The fraction of sp³-hybridized carbons (Fsp3) is 0.0625. The van der Waals surface area contributed by atoms with Gasteiger partial charge in [0.2, 0.25) is 0 Å². The first kappa shape index (κ1) is 14.7. The Morgan fingerprint density at radius 1 is 0.955 bits per heavy atom. The molecule has 0 aliphatic rings. The summed E-state index contributed by atoms with van der Waals surface area (Å²) in [6.45, 7) is 1.87. The molecule has 0 saturated carbocycles. The molecule has 0 fully saturated rings. The number of hydrogen-bond donors (Lipinski definition) is 1. The molecule has 1 aromatic carbocycles. The van der Waals surface area contributed by atoms with E-state index >= 15 is 0 Å². The largest absolute Gasteiger partial charge is 0.272 e. The van der Waals surface area contributed by atoms with Gasteiger partial charge in [0.25, 0.3) is 10.0 Å². The second-order valence-electron chi connectivity index (χ2n) is 4.77. The summed E-state index contributed by atoms with van der Waals surface area (Å²) in [6.07, 6.45) is 1.66. The van der Waals surface area contributed by atoms with Crippen LogP contribution < -0.4 is 4.72 Å². The summed E-state index contributed by atoms with van der Waals surface area (Å²) < 4.78 is 27.2. The molecule has 0 amide bonds. The molecule has 0 unspecified atom stereocenters. The van der Waals surface area contributed by atoms with Crippen molar-refractivity contribution in [3.8, 4) is 11.1 Å². The van der Waals surface area contributed by atoms with Gasteiger partial charge in [0.15, 0.2) is 0 Å². The monoisotopic (exact) mass is 330 g/mol. The highest BCUT2D eigenvalue weighted by Crippen LogP contribution is 2.24. The molecule has 0 radical (unpaired) electrons. The van der Waals surface area contributed by atoms with Crippen LogP contribution >= 0.6 is 11.3 Å². The van der Waals surface area contributed by atoms with Crippen molar-refractivity contribution in [1.82, 2.24) is 4.98 Å². The van der Waals surface area contributed by atoms with Crippen LogP contribution in [0.5, 0.6) is 0 Å². The van der Waals surface area contributed by atoms with Crippen molar-refractivity contribution < 1.29 is 8.42 Å². The Balaban J connectivity index is 1.82. The maximum Gasteiger partial charge on any atom is 0.272 e. The van der Waals surface area contributed by atoms with Gasteiger partial charge in [-0.1, -0.05) is 30.3 Å². The number of anilines is 1. The van der Waals surface area contributed by atoms with Gasteiger partial charge in [0.1, 0.15) is 10.0 Å². The summed E-state index contributed by atoms with van der Waals surface area (Å²) in [5, 5.41) is 0. The van der Waals surface area contributed by atoms with E-state index in [0.717, 1.165) is 16.0 Å². The number of thiophene rings is 1. The lowest BCUT2D eigenvalue weighted by Crippen LogP contribution is -2.12. The van der Waals surface area contributed by atoms with Crippen molar-refractivity contribution in [2.75, 3.05) is 4.72 Å². The van der Waals surface area contributed by atoms with Gasteiger partial charge in [-0.05, 0) is 36.8 Å². The first-order valence-corrected chi connectivity index (χ1v) is 8.95. The average molecular weight is 330 g/mol. The maximum absolute atomic E-state index is 12.2. The van der Waals surface area contributed by atoms with E-state index < -0.39 is 10.0 Å². The van der Waals surface area contributed by atoms with E-state index in [1.165, 1.54) is 11.3 Å². The molecule has 0 aliphatic carbocycles. The van der Waals surface area contributed by atoms with Gasteiger partial charge >= 0.3 is 0 Å². The number of hydrogen-bond acceptors (Lipinski definition) is 4. The van der Waals surface area contributed by atoms with Crippen LogP contribution in [0, 0.1) is 6.92 Å². The minimum absolute atomic E-state index is 0.291. The molecule has 0 bridgehead atoms. The van der Waals surface area contributed by atoms with Crippen molar-refractivity contribution in [2.45, 2.75) is 11.1 Å². The molecular formula is C16H14N2O2S2. The van der Waals surface area contributed by atoms with Crippen LogP contribution in [0.15, 0.2) is 65.0 Å². The topological polar surface area (TPSA) is 59.1 Å². The molecule has 1 N–H and O–H groups in total. The Morgan fingerprint density at radius 2 is 1.73 bits per heavy atom. The summed E-state index contributed by atoms with van der Waals surface area (Å²) >= 11 is 1.24. The Kier molecular flexibility index (Phi) is 3.96. The Labute approximate surface area is 133 Å². The average Bonchev–Trinajstić information content (AvgIpc) is 2.96. The number of pyridine rings is 1. The first-order chi connectivity index (χ1) is 10.5. The lowest BCUT2D eigenvalue weighted by Gasteiger charge is -2.06. The van der Waals surface area contributed by atoms with Crippen molar-refractivity contribution >= 4 is 27.2 Å². The standard InChI is InChI=1S/C16H14N2O2S2/c1-12-7-10-16(21-12)22(19,20)18-15-9-8-14(11-17-15)13-5-3-2-4-6-13/h2-11H,1H3,(H,17,18). The van der Waals surface area contributed by atoms with Crippen LogP contribution in [0.4, 0.5) is 5.82 Å². The number of nitrogens with zero attached hydrogens (tertiary/aromatic N) is 1. The second-order valence-corrected chi connectivity index (χ2v) is 7.97. The summed E-state index contributed by atoms with van der Waals surface area (Å²) in [7, 11) is -3.56. The quantitative estimate of drug-likeness (QED) is 0.789. The first-order valence-electron chi connectivity index (χ1n) is 6.65. The van der Waals surface area contributed by atoms with Crippen LogP contribution in [0.2, 0.25) is 0 Å². The third-order valence-corrected chi connectivity index (χ3v) is 5.94. The SMILES string of the molecule is Cc1ccc(S(=O)(=O)Nc2ccc(-c3ccccc3)cn2)s1. The highest BCUT2D eigenvalue weighted by atomic mass is 32.2. The van der Waals surface area contributed by atoms with Gasteiger partial charge in [-0.3, -0.25) is 4.72 Å². The highest BCUT2D eigenvalue weighted by molar-refractivity contribution is 7.94. The van der Waals surface area contributed by atoms with Crippen LogP contribution in [-0.4, -0.2) is 13.4 Å². The van der Waals surface area contributed by atoms with Gasteiger partial charge < -0.3 is 0 Å². The van der Waals surface area contributed by atoms with E-state index in [9.17, 15) is 8.42 Å². The normalized spacial score (nSPS) is 11.3. The van der Waals surface area contributed by atoms with E-state index in [1.54, 1.807) is 24.4 Å². The van der Waals surface area contributed by atoms with Crippen LogP contribution in [0.1, 0.15) is 4.88 Å². The summed E-state index contributed by atoms with van der Waals surface area (Å²) in [6, 6.07) is 16.7. The Bertz CT molecular complexity index is 870. The summed E-state index contributed by atoms with van der Waals surface area (Å²) in [5.41, 5.74) is 1.98. The number of aromatic nitrogens is 1. The number of aryl methyl sites for hydroxylation is 1. The number of benzene rings is 1. The Hall–Kier alpha value is -2.18. The van der Waals surface area contributed by atoms with E-state index in [4.69, 9.17) is 0 Å². The lowest BCUT2D eigenvalue weighted by molar-refractivity contribution is 0.603. The molecule has 0 saturated heterocycles. The molecule has 112 valence electrons. The van der Waals surface area contributed by atoms with Gasteiger partial charge in [-0.15, -0.1) is 11.3 Å². The minimum atomic E-state index is -3.56. The summed E-state index contributed by atoms with van der Waals surface area (Å²) in [5.74, 6) is 0.311. The van der Waals surface area contributed by atoms with E-state index in [-0.39, 0.29) is 0 Å². The molecule has 3 rings (SSSR count). The van der Waals surface area contributed by atoms with Crippen LogP contribution in [0.3, 0.4) is 0 Å². The molecular weight excluding hydrogens is 316 g/mol. The molecule has 0 spiro atoms. The van der Waals surface area contributed by atoms with Gasteiger partial charge in [-0.2, -0.15) is 0 Å². The van der Waals surface area contributed by atoms with Crippen LogP contribution in [0.25, 0.3) is 11.1 Å². The zero-order chi connectivity index (χ0) is 15.6. The Morgan fingerprint density at radius 3 is 2.32 bits per heavy atom. The van der Waals surface area contributed by atoms with Crippen molar-refractivity contribution in [2.24, 2.45) is 0 Å². The molecule has 4 nitrogen and oxygen atoms in total. The van der Waals surface area contributed by atoms with E-state index in [2.05, 4.69) is 9.71 Å². The minimum Gasteiger partial charge on any atom is -0.263 e. The van der Waals surface area contributed by atoms with E-state index in [0.29, 0.717) is 10.0 Å². The van der Waals surface area contributed by atoms with Gasteiger partial charge in [0.05, 0.1) is 0 Å². The summed E-state index contributed by atoms with van der Waals surface area (Å²) in [4.78, 5) is 5.14.